The number of para-hydroxylation sites is 2. The molecule has 4 rings (SSSR count). The number of anilines is 1. The Morgan fingerprint density at radius 1 is 1.11 bits per heavy atom. The third-order valence-corrected chi connectivity index (χ3v) is 5.20. The number of carbonyl (C=O) groups is 1. The molecule has 1 fully saturated rings. The van der Waals surface area contributed by atoms with Gasteiger partial charge in [0.15, 0.2) is 0 Å². The van der Waals surface area contributed by atoms with Gasteiger partial charge in [-0.25, -0.2) is 4.98 Å². The van der Waals surface area contributed by atoms with Crippen LogP contribution in [0.3, 0.4) is 0 Å². The average Bonchev–Trinajstić information content (AvgIpc) is 3.07. The highest BCUT2D eigenvalue weighted by Gasteiger charge is 2.12. The lowest BCUT2D eigenvalue weighted by molar-refractivity contribution is 0.0952. The van der Waals surface area contributed by atoms with Gasteiger partial charge in [-0.3, -0.25) is 4.79 Å². The lowest BCUT2D eigenvalue weighted by Gasteiger charge is -2.28. The van der Waals surface area contributed by atoms with E-state index < -0.39 is 0 Å². The van der Waals surface area contributed by atoms with E-state index in [1.165, 1.54) is 0 Å². The normalized spacial score (nSPS) is 14.4. The number of benzene rings is 2. The molecule has 2 aromatic carbocycles. The molecule has 6 heteroatoms. The van der Waals surface area contributed by atoms with Crippen molar-refractivity contribution in [2.45, 2.75) is 19.9 Å². The van der Waals surface area contributed by atoms with Crippen LogP contribution in [-0.2, 0) is 11.3 Å². The molecule has 6 nitrogen and oxygen atoms in total. The summed E-state index contributed by atoms with van der Waals surface area (Å²) in [6.07, 6.45) is 0.860. The van der Waals surface area contributed by atoms with Gasteiger partial charge in [-0.1, -0.05) is 12.1 Å². The highest BCUT2D eigenvalue weighted by molar-refractivity contribution is 5.94. The maximum absolute atomic E-state index is 12.4. The van der Waals surface area contributed by atoms with E-state index in [9.17, 15) is 4.79 Å². The number of morpholine rings is 1. The van der Waals surface area contributed by atoms with Gasteiger partial charge in [-0.15, -0.1) is 0 Å². The molecular weight excluding hydrogens is 352 g/mol. The fourth-order valence-electron chi connectivity index (χ4n) is 3.66. The number of hydrogen-bond acceptors (Lipinski definition) is 4. The number of rotatable bonds is 6. The van der Waals surface area contributed by atoms with Crippen molar-refractivity contribution >= 4 is 22.6 Å². The molecule has 1 N–H and O–H groups in total. The molecule has 0 unspecified atom stereocenters. The second kappa shape index (κ2) is 8.44. The first kappa shape index (κ1) is 18.5. The van der Waals surface area contributed by atoms with Crippen LogP contribution >= 0.6 is 0 Å². The summed E-state index contributed by atoms with van der Waals surface area (Å²) in [5, 5.41) is 3.02. The lowest BCUT2D eigenvalue weighted by atomic mass is 10.1. The highest BCUT2D eigenvalue weighted by atomic mass is 16.5. The Morgan fingerprint density at radius 3 is 2.64 bits per heavy atom. The van der Waals surface area contributed by atoms with Gasteiger partial charge in [0.25, 0.3) is 5.91 Å². The van der Waals surface area contributed by atoms with Crippen LogP contribution in [0, 0.1) is 6.92 Å². The molecule has 28 heavy (non-hydrogen) atoms. The van der Waals surface area contributed by atoms with E-state index in [0.717, 1.165) is 61.8 Å². The van der Waals surface area contributed by atoms with Gasteiger partial charge in [0.2, 0.25) is 0 Å². The zero-order chi connectivity index (χ0) is 19.3. The van der Waals surface area contributed by atoms with Crippen molar-refractivity contribution in [2.24, 2.45) is 0 Å². The second-order valence-electron chi connectivity index (χ2n) is 7.06. The molecule has 2 heterocycles. The molecule has 0 saturated carbocycles. The van der Waals surface area contributed by atoms with Gasteiger partial charge >= 0.3 is 0 Å². The summed E-state index contributed by atoms with van der Waals surface area (Å²) in [5.74, 6) is 0.979. The number of amides is 1. The standard InChI is InChI=1S/C22H26N4O2/c1-17-24-20-5-2-3-6-21(20)26(17)12-4-11-23-22(27)18-7-9-19(10-8-18)25-13-15-28-16-14-25/h2-3,5-10H,4,11-16H2,1H3,(H,23,27). The highest BCUT2D eigenvalue weighted by Crippen LogP contribution is 2.17. The summed E-state index contributed by atoms with van der Waals surface area (Å²) >= 11 is 0. The van der Waals surface area contributed by atoms with Gasteiger partial charge in [0, 0.05) is 37.4 Å². The Kier molecular flexibility index (Phi) is 5.58. The molecule has 1 amide bonds. The Balaban J connectivity index is 1.29. The van der Waals surface area contributed by atoms with Gasteiger partial charge in [-0.2, -0.15) is 0 Å². The van der Waals surface area contributed by atoms with Crippen LogP contribution in [0.5, 0.6) is 0 Å². The predicted molar refractivity (Wildman–Crippen MR) is 111 cm³/mol. The smallest absolute Gasteiger partial charge is 0.251 e. The average molecular weight is 378 g/mol. The molecular formula is C22H26N4O2. The van der Waals surface area contributed by atoms with E-state index in [1.54, 1.807) is 0 Å². The van der Waals surface area contributed by atoms with Crippen molar-refractivity contribution in [1.29, 1.82) is 0 Å². The van der Waals surface area contributed by atoms with Crippen LogP contribution in [0.25, 0.3) is 11.0 Å². The predicted octanol–water partition coefficient (Wildman–Crippen LogP) is 3.00. The summed E-state index contributed by atoms with van der Waals surface area (Å²) in [6.45, 7) is 6.80. The number of aryl methyl sites for hydroxylation is 2. The van der Waals surface area contributed by atoms with Gasteiger partial charge < -0.3 is 19.5 Å². The monoisotopic (exact) mass is 378 g/mol. The maximum Gasteiger partial charge on any atom is 0.251 e. The van der Waals surface area contributed by atoms with Crippen LogP contribution in [0.1, 0.15) is 22.6 Å². The first-order valence-corrected chi connectivity index (χ1v) is 9.85. The molecule has 0 atom stereocenters. The van der Waals surface area contributed by atoms with Crippen LogP contribution < -0.4 is 10.2 Å². The number of ether oxygens (including phenoxy) is 1. The minimum atomic E-state index is -0.0271. The molecule has 3 aromatic rings. The fraction of sp³-hybridized carbons (Fsp3) is 0.364. The zero-order valence-corrected chi connectivity index (χ0v) is 16.2. The number of carbonyl (C=O) groups excluding carboxylic acids is 1. The number of imidazole rings is 1. The van der Waals surface area contributed by atoms with Gasteiger partial charge in [0.1, 0.15) is 5.82 Å². The third-order valence-electron chi connectivity index (χ3n) is 5.20. The van der Waals surface area contributed by atoms with E-state index >= 15 is 0 Å². The van der Waals surface area contributed by atoms with Gasteiger partial charge in [-0.05, 0) is 49.7 Å². The fourth-order valence-corrected chi connectivity index (χ4v) is 3.66. The molecule has 146 valence electrons. The SMILES string of the molecule is Cc1nc2ccccc2n1CCCNC(=O)c1ccc(N2CCOCC2)cc1. The number of fused-ring (bicyclic) bond motifs is 1. The lowest BCUT2D eigenvalue weighted by Crippen LogP contribution is -2.36. The van der Waals surface area contributed by atoms with Crippen molar-refractivity contribution < 1.29 is 9.53 Å². The first-order chi connectivity index (χ1) is 13.7. The molecule has 0 spiro atoms. The minimum absolute atomic E-state index is 0.0271. The number of nitrogens with zero attached hydrogens (tertiary/aromatic N) is 3. The number of nitrogens with one attached hydrogen (secondary N) is 1. The van der Waals surface area contributed by atoms with E-state index in [-0.39, 0.29) is 5.91 Å². The quantitative estimate of drug-likeness (QED) is 0.670. The third kappa shape index (κ3) is 4.02. The Hall–Kier alpha value is -2.86. The molecule has 1 aromatic heterocycles. The molecule has 0 aliphatic carbocycles. The Labute approximate surface area is 165 Å². The summed E-state index contributed by atoms with van der Waals surface area (Å²) in [5.41, 5.74) is 4.00. The van der Waals surface area contributed by atoms with Crippen LogP contribution in [-0.4, -0.2) is 48.3 Å². The molecule has 1 saturated heterocycles. The van der Waals surface area contributed by atoms with Crippen molar-refractivity contribution in [3.05, 3.63) is 59.9 Å². The number of aromatic nitrogens is 2. The summed E-state index contributed by atoms with van der Waals surface area (Å²) in [7, 11) is 0. The van der Waals surface area contributed by atoms with Crippen molar-refractivity contribution in [1.82, 2.24) is 14.9 Å². The van der Waals surface area contributed by atoms with Crippen LogP contribution in [0.4, 0.5) is 5.69 Å². The Bertz CT molecular complexity index is 943. The number of hydrogen-bond donors (Lipinski definition) is 1. The Morgan fingerprint density at radius 2 is 1.86 bits per heavy atom. The maximum atomic E-state index is 12.4. The minimum Gasteiger partial charge on any atom is -0.378 e. The largest absolute Gasteiger partial charge is 0.378 e. The zero-order valence-electron chi connectivity index (χ0n) is 16.2. The first-order valence-electron chi connectivity index (χ1n) is 9.85. The molecule has 1 aliphatic rings. The van der Waals surface area contributed by atoms with Crippen LogP contribution in [0.2, 0.25) is 0 Å². The van der Waals surface area contributed by atoms with Crippen LogP contribution in [0.15, 0.2) is 48.5 Å². The summed E-state index contributed by atoms with van der Waals surface area (Å²) in [4.78, 5) is 19.3. The molecule has 1 aliphatic heterocycles. The van der Waals surface area contributed by atoms with Crippen molar-refractivity contribution in [3.63, 3.8) is 0 Å². The van der Waals surface area contributed by atoms with E-state index in [4.69, 9.17) is 4.74 Å². The summed E-state index contributed by atoms with van der Waals surface area (Å²) < 4.78 is 7.59. The topological polar surface area (TPSA) is 59.4 Å². The van der Waals surface area contributed by atoms with Crippen molar-refractivity contribution in [3.8, 4) is 0 Å². The van der Waals surface area contributed by atoms with Gasteiger partial charge in [0.05, 0.1) is 24.2 Å². The summed E-state index contributed by atoms with van der Waals surface area (Å²) in [6, 6.07) is 16.0. The molecule has 0 radical (unpaired) electrons. The second-order valence-corrected chi connectivity index (χ2v) is 7.06. The van der Waals surface area contributed by atoms with E-state index in [0.29, 0.717) is 12.1 Å². The van der Waals surface area contributed by atoms with E-state index in [1.807, 2.05) is 49.4 Å². The van der Waals surface area contributed by atoms with Crippen molar-refractivity contribution in [2.75, 3.05) is 37.7 Å². The van der Waals surface area contributed by atoms with E-state index in [2.05, 4.69) is 25.8 Å². The molecule has 0 bridgehead atoms.